The van der Waals surface area contributed by atoms with Gasteiger partial charge in [-0.25, -0.2) is 13.2 Å². The van der Waals surface area contributed by atoms with Gasteiger partial charge in [0.2, 0.25) is 10.0 Å². The third kappa shape index (κ3) is 6.20. The van der Waals surface area contributed by atoms with Crippen LogP contribution in [0.2, 0.25) is 0 Å². The molecule has 9 nitrogen and oxygen atoms in total. The van der Waals surface area contributed by atoms with Gasteiger partial charge in [-0.3, -0.25) is 4.79 Å². The molecule has 200 valence electrons. The minimum atomic E-state index is -3.72. The van der Waals surface area contributed by atoms with Crippen LogP contribution < -0.4 is 10.2 Å². The first-order valence-corrected chi connectivity index (χ1v) is 14.6. The second kappa shape index (κ2) is 11.9. The van der Waals surface area contributed by atoms with Crippen LogP contribution in [-0.4, -0.2) is 76.6 Å². The van der Waals surface area contributed by atoms with Crippen LogP contribution in [0.4, 0.5) is 5.69 Å². The number of hydrogen-bond donors (Lipinski definition) is 1. The molecule has 1 aromatic rings. The predicted octanol–water partition coefficient (Wildman–Crippen LogP) is 2.80. The summed E-state index contributed by atoms with van der Waals surface area (Å²) in [4.78, 5) is 27.9. The molecule has 0 bridgehead atoms. The number of sulfonamides is 1. The van der Waals surface area contributed by atoms with Gasteiger partial charge in [-0.1, -0.05) is 33.1 Å². The quantitative estimate of drug-likeness (QED) is 0.550. The number of rotatable bonds is 7. The van der Waals surface area contributed by atoms with Crippen LogP contribution in [0.1, 0.15) is 62.7 Å². The molecule has 0 radical (unpaired) electrons. The lowest BCUT2D eigenvalue weighted by molar-refractivity contribution is -0.125. The van der Waals surface area contributed by atoms with Crippen molar-refractivity contribution in [3.05, 3.63) is 23.8 Å². The van der Waals surface area contributed by atoms with E-state index in [1.165, 1.54) is 10.4 Å². The third-order valence-corrected chi connectivity index (χ3v) is 9.77. The summed E-state index contributed by atoms with van der Waals surface area (Å²) in [5.41, 5.74) is 0.749. The maximum absolute atomic E-state index is 13.3. The molecule has 0 unspecified atom stereocenters. The standard InChI is InChI=1S/C26H39N3O6S/c1-19-7-6-8-23(20(19)2)27-25(30)18-35-26(31)22-17-21(36(32,33)29-11-4-3-5-12-29)9-10-24(22)28-13-15-34-16-14-28/h9-10,17,19-20,23H,3-8,11-16,18H2,1-2H3,(H,27,30)/t19-,20+,23-/m1/s1. The number of ether oxygens (including phenoxy) is 2. The lowest BCUT2D eigenvalue weighted by atomic mass is 9.78. The summed E-state index contributed by atoms with van der Waals surface area (Å²) < 4.78 is 38.9. The maximum atomic E-state index is 13.3. The minimum Gasteiger partial charge on any atom is -0.452 e. The Balaban J connectivity index is 1.50. The molecule has 0 aromatic heterocycles. The fourth-order valence-corrected chi connectivity index (χ4v) is 6.96. The summed E-state index contributed by atoms with van der Waals surface area (Å²) in [7, 11) is -3.72. The van der Waals surface area contributed by atoms with Gasteiger partial charge < -0.3 is 19.7 Å². The first-order chi connectivity index (χ1) is 17.3. The first-order valence-electron chi connectivity index (χ1n) is 13.2. The summed E-state index contributed by atoms with van der Waals surface area (Å²) in [6, 6.07) is 4.70. The second-order valence-electron chi connectivity index (χ2n) is 10.3. The van der Waals surface area contributed by atoms with Crippen molar-refractivity contribution in [3.63, 3.8) is 0 Å². The van der Waals surface area contributed by atoms with Gasteiger partial charge in [-0.15, -0.1) is 0 Å². The molecule has 4 rings (SSSR count). The van der Waals surface area contributed by atoms with E-state index >= 15 is 0 Å². The Labute approximate surface area is 214 Å². The van der Waals surface area contributed by atoms with Crippen molar-refractivity contribution in [1.29, 1.82) is 0 Å². The van der Waals surface area contributed by atoms with E-state index in [4.69, 9.17) is 9.47 Å². The van der Waals surface area contributed by atoms with Crippen molar-refractivity contribution >= 4 is 27.6 Å². The van der Waals surface area contributed by atoms with E-state index in [-0.39, 0.29) is 22.4 Å². The Kier molecular flexibility index (Phi) is 8.90. The van der Waals surface area contributed by atoms with E-state index in [2.05, 4.69) is 19.2 Å². The largest absolute Gasteiger partial charge is 0.452 e. The molecule has 2 saturated heterocycles. The molecule has 0 spiro atoms. The highest BCUT2D eigenvalue weighted by molar-refractivity contribution is 7.89. The van der Waals surface area contributed by atoms with Crippen LogP contribution in [0.5, 0.6) is 0 Å². The van der Waals surface area contributed by atoms with Crippen molar-refractivity contribution in [2.75, 3.05) is 50.9 Å². The van der Waals surface area contributed by atoms with E-state index in [9.17, 15) is 18.0 Å². The summed E-state index contributed by atoms with van der Waals surface area (Å²) in [6.45, 7) is 7.09. The van der Waals surface area contributed by atoms with Crippen molar-refractivity contribution in [3.8, 4) is 0 Å². The van der Waals surface area contributed by atoms with Crippen LogP contribution in [0, 0.1) is 11.8 Å². The summed E-state index contributed by atoms with van der Waals surface area (Å²) in [5.74, 6) is -0.137. The van der Waals surface area contributed by atoms with Crippen LogP contribution in [0.25, 0.3) is 0 Å². The molecule has 3 atom stereocenters. The molecule has 1 N–H and O–H groups in total. The number of anilines is 1. The molecule has 3 fully saturated rings. The number of benzene rings is 1. The highest BCUT2D eigenvalue weighted by atomic mass is 32.2. The van der Waals surface area contributed by atoms with Crippen LogP contribution in [0.3, 0.4) is 0 Å². The van der Waals surface area contributed by atoms with Crippen LogP contribution >= 0.6 is 0 Å². The fourth-order valence-electron chi connectivity index (χ4n) is 5.42. The van der Waals surface area contributed by atoms with Gasteiger partial charge >= 0.3 is 5.97 Å². The number of carbonyl (C=O) groups is 2. The molecular weight excluding hydrogens is 482 g/mol. The highest BCUT2D eigenvalue weighted by Crippen LogP contribution is 2.30. The zero-order chi connectivity index (χ0) is 25.7. The monoisotopic (exact) mass is 521 g/mol. The molecule has 2 aliphatic heterocycles. The molecule has 2 heterocycles. The second-order valence-corrected chi connectivity index (χ2v) is 12.2. The summed E-state index contributed by atoms with van der Waals surface area (Å²) >= 11 is 0. The number of esters is 1. The van der Waals surface area contributed by atoms with Gasteiger partial charge in [0, 0.05) is 32.2 Å². The molecule has 1 aliphatic carbocycles. The van der Waals surface area contributed by atoms with E-state index in [0.29, 0.717) is 56.9 Å². The highest BCUT2D eigenvalue weighted by Gasteiger charge is 2.30. The normalized spacial score (nSPS) is 25.8. The van der Waals surface area contributed by atoms with Crippen molar-refractivity contribution in [2.45, 2.75) is 63.3 Å². The SMILES string of the molecule is C[C@H]1[C@H](C)CCC[C@H]1NC(=O)COC(=O)c1cc(S(=O)(=O)N2CCCCC2)ccc1N1CCOCC1. The van der Waals surface area contributed by atoms with Crippen LogP contribution in [0.15, 0.2) is 23.1 Å². The van der Waals surface area contributed by atoms with Gasteiger partial charge in [0.15, 0.2) is 6.61 Å². The van der Waals surface area contributed by atoms with Gasteiger partial charge in [-0.05, 0) is 49.3 Å². The Bertz CT molecular complexity index is 1030. The average Bonchev–Trinajstić information content (AvgIpc) is 2.90. The molecule has 3 aliphatic rings. The fraction of sp³-hybridized carbons (Fsp3) is 0.692. The average molecular weight is 522 g/mol. The van der Waals surface area contributed by atoms with Crippen molar-refractivity contribution < 1.29 is 27.5 Å². The Morgan fingerprint density at radius 3 is 2.47 bits per heavy atom. The Morgan fingerprint density at radius 2 is 1.75 bits per heavy atom. The van der Waals surface area contributed by atoms with E-state index in [1.807, 2.05) is 4.90 Å². The summed E-state index contributed by atoms with van der Waals surface area (Å²) in [5, 5.41) is 3.02. The third-order valence-electron chi connectivity index (χ3n) is 7.88. The molecule has 1 saturated carbocycles. The number of carbonyl (C=O) groups excluding carboxylic acids is 2. The molecular formula is C26H39N3O6S. The minimum absolute atomic E-state index is 0.0712. The lowest BCUT2D eigenvalue weighted by Crippen LogP contribution is -2.45. The van der Waals surface area contributed by atoms with E-state index in [0.717, 1.165) is 38.5 Å². The number of piperidine rings is 1. The number of nitrogens with zero attached hydrogens (tertiary/aromatic N) is 2. The molecule has 36 heavy (non-hydrogen) atoms. The Hall–Kier alpha value is -2.17. The lowest BCUT2D eigenvalue weighted by Gasteiger charge is -2.34. The number of morpholine rings is 1. The molecule has 1 aromatic carbocycles. The van der Waals surface area contributed by atoms with E-state index in [1.54, 1.807) is 12.1 Å². The van der Waals surface area contributed by atoms with Gasteiger partial charge in [0.25, 0.3) is 5.91 Å². The van der Waals surface area contributed by atoms with Gasteiger partial charge in [0.05, 0.1) is 29.4 Å². The van der Waals surface area contributed by atoms with Gasteiger partial charge in [0.1, 0.15) is 0 Å². The zero-order valence-electron chi connectivity index (χ0n) is 21.4. The van der Waals surface area contributed by atoms with E-state index < -0.39 is 22.6 Å². The molecule has 10 heteroatoms. The number of nitrogens with one attached hydrogen (secondary N) is 1. The predicted molar refractivity (Wildman–Crippen MR) is 136 cm³/mol. The number of amides is 1. The van der Waals surface area contributed by atoms with Crippen LogP contribution in [-0.2, 0) is 24.3 Å². The van der Waals surface area contributed by atoms with Gasteiger partial charge in [-0.2, -0.15) is 4.31 Å². The smallest absolute Gasteiger partial charge is 0.340 e. The Morgan fingerprint density at radius 1 is 1.03 bits per heavy atom. The first kappa shape index (κ1) is 26.9. The summed E-state index contributed by atoms with van der Waals surface area (Å²) in [6.07, 6.45) is 5.81. The topological polar surface area (TPSA) is 105 Å². The number of hydrogen-bond acceptors (Lipinski definition) is 7. The zero-order valence-corrected chi connectivity index (χ0v) is 22.2. The van der Waals surface area contributed by atoms with Crippen molar-refractivity contribution in [1.82, 2.24) is 9.62 Å². The molecule has 1 amide bonds. The maximum Gasteiger partial charge on any atom is 0.340 e. The van der Waals surface area contributed by atoms with Crippen molar-refractivity contribution in [2.24, 2.45) is 11.8 Å².